The van der Waals surface area contributed by atoms with Crippen molar-refractivity contribution in [3.8, 4) is 0 Å². The number of piperidine rings is 1. The minimum atomic E-state index is -0.648. The molecule has 252 valence electrons. The van der Waals surface area contributed by atoms with Gasteiger partial charge in [-0.25, -0.2) is 19.4 Å². The number of fused-ring (bicyclic) bond motifs is 2. The monoisotopic (exact) mass is 647 g/mol. The molecular weight excluding hydrogens is 602 g/mol. The average Bonchev–Trinajstić information content (AvgIpc) is 3.57. The molecule has 0 aliphatic carbocycles. The molecule has 0 radical (unpaired) electrons. The molecule has 3 aromatic rings. The molecule has 3 atom stereocenters. The van der Waals surface area contributed by atoms with E-state index < -0.39 is 17.6 Å². The van der Waals surface area contributed by atoms with E-state index in [4.69, 9.17) is 35.0 Å². The average molecular weight is 648 g/mol. The van der Waals surface area contributed by atoms with Gasteiger partial charge < -0.3 is 35.1 Å². The summed E-state index contributed by atoms with van der Waals surface area (Å²) in [6, 6.07) is 3.76. The molecule has 3 aromatic heterocycles. The number of nitrogens with one attached hydrogen (secondary N) is 1. The van der Waals surface area contributed by atoms with E-state index in [1.807, 2.05) is 50.7 Å². The van der Waals surface area contributed by atoms with Crippen LogP contribution in [-0.4, -0.2) is 87.3 Å². The van der Waals surface area contributed by atoms with Crippen LogP contribution in [0, 0.1) is 5.41 Å². The van der Waals surface area contributed by atoms with E-state index >= 15 is 0 Å². The Hall–Kier alpha value is -4.04. The molecule has 4 aliphatic rings. The number of nitrogens with zero attached hydrogens (tertiary/aromatic N) is 7. The summed E-state index contributed by atoms with van der Waals surface area (Å²) in [7, 11) is 0. The van der Waals surface area contributed by atoms with Gasteiger partial charge in [0.2, 0.25) is 0 Å². The minimum absolute atomic E-state index is 0.113. The fraction of sp³-hybridized carbons (Fsp3) is 0.636. The minimum Gasteiger partial charge on any atom is -0.444 e. The van der Waals surface area contributed by atoms with Crippen LogP contribution in [-0.2, 0) is 20.6 Å². The SMILES string of the molecule is C[C@@H]1OCC2(CCN(c3nc4c(nc3C(N)=O)c(N3CCCc5ncccc53)nn4C3CCCCO3)CC2)[C@@H]1NC(=O)OC(C)(C)C. The van der Waals surface area contributed by atoms with Crippen molar-refractivity contribution in [3.05, 3.63) is 29.7 Å². The van der Waals surface area contributed by atoms with Gasteiger partial charge in [0.05, 0.1) is 30.1 Å². The zero-order chi connectivity index (χ0) is 32.9. The van der Waals surface area contributed by atoms with Crippen LogP contribution >= 0.6 is 0 Å². The second kappa shape index (κ2) is 12.2. The van der Waals surface area contributed by atoms with E-state index in [9.17, 15) is 9.59 Å². The first-order valence-corrected chi connectivity index (χ1v) is 16.8. The van der Waals surface area contributed by atoms with Gasteiger partial charge in [0.25, 0.3) is 5.91 Å². The molecule has 14 nitrogen and oxygen atoms in total. The quantitative estimate of drug-likeness (QED) is 0.412. The normalized spacial score (nSPS) is 24.4. The Morgan fingerprint density at radius 2 is 1.89 bits per heavy atom. The smallest absolute Gasteiger partial charge is 0.407 e. The Balaban J connectivity index is 1.23. The highest BCUT2D eigenvalue weighted by molar-refractivity contribution is 5.99. The van der Waals surface area contributed by atoms with Crippen LogP contribution in [0.5, 0.6) is 0 Å². The summed E-state index contributed by atoms with van der Waals surface area (Å²) < 4.78 is 19.7. The lowest BCUT2D eigenvalue weighted by molar-refractivity contribution is -0.0368. The standard InChI is InChI=1S/C33H45N9O5/c1-20-26(37-31(44)47-32(2,3)4)33(19-46-20)12-16-40(17-13-33)28-24(27(34)43)36-25-29(38-28)42(23-11-5-6-18-45-23)39-30(25)41-15-8-9-21-22(41)10-7-14-35-21/h7,10,14,20,23,26H,5-6,8-9,11-13,15-19H2,1-4H3,(H2,34,43)(H,37,44)/t20-,23?,26+/m0/s1. The maximum atomic E-state index is 13.0. The van der Waals surface area contributed by atoms with Crippen LogP contribution in [0.25, 0.3) is 11.2 Å². The first-order chi connectivity index (χ1) is 22.5. The van der Waals surface area contributed by atoms with Crippen LogP contribution in [0.2, 0.25) is 0 Å². The lowest BCUT2D eigenvalue weighted by atomic mass is 9.73. The third-order valence-electron chi connectivity index (χ3n) is 9.85. The number of carbonyl (C=O) groups excluding carboxylic acids is 2. The van der Waals surface area contributed by atoms with Crippen molar-refractivity contribution < 1.29 is 23.8 Å². The number of carbonyl (C=O) groups is 2. The summed E-state index contributed by atoms with van der Waals surface area (Å²) >= 11 is 0. The number of primary amides is 1. The van der Waals surface area contributed by atoms with Gasteiger partial charge in [-0.15, -0.1) is 5.10 Å². The number of rotatable bonds is 5. The number of nitrogens with two attached hydrogens (primary N) is 1. The highest BCUT2D eigenvalue weighted by atomic mass is 16.6. The van der Waals surface area contributed by atoms with Crippen LogP contribution in [0.4, 0.5) is 22.1 Å². The molecule has 0 aromatic carbocycles. The summed E-state index contributed by atoms with van der Waals surface area (Å²) in [4.78, 5) is 44.6. The van der Waals surface area contributed by atoms with Gasteiger partial charge in [-0.3, -0.25) is 9.78 Å². The van der Waals surface area contributed by atoms with Gasteiger partial charge in [0.15, 0.2) is 34.7 Å². The van der Waals surface area contributed by atoms with Crippen molar-refractivity contribution in [2.75, 3.05) is 42.6 Å². The van der Waals surface area contributed by atoms with E-state index in [1.165, 1.54) is 0 Å². The Labute approximate surface area is 274 Å². The Kier molecular flexibility index (Phi) is 8.19. The fourth-order valence-electron chi connectivity index (χ4n) is 7.53. The van der Waals surface area contributed by atoms with E-state index in [0.29, 0.717) is 61.9 Å². The molecule has 7 rings (SSSR count). The van der Waals surface area contributed by atoms with E-state index in [-0.39, 0.29) is 29.5 Å². The summed E-state index contributed by atoms with van der Waals surface area (Å²) in [6.07, 6.45) is 6.95. The van der Waals surface area contributed by atoms with Gasteiger partial charge in [-0.2, -0.15) is 0 Å². The van der Waals surface area contributed by atoms with E-state index in [1.54, 1.807) is 0 Å². The molecule has 3 saturated heterocycles. The van der Waals surface area contributed by atoms with Gasteiger partial charge in [0.1, 0.15) is 5.60 Å². The van der Waals surface area contributed by atoms with Crippen LogP contribution in [0.3, 0.4) is 0 Å². The number of hydrogen-bond acceptors (Lipinski definition) is 11. The number of pyridine rings is 1. The Bertz CT molecular complexity index is 1660. The first kappa shape index (κ1) is 31.6. The summed E-state index contributed by atoms with van der Waals surface area (Å²) in [5.41, 5.74) is 8.29. The number of ether oxygens (including phenoxy) is 3. The highest BCUT2D eigenvalue weighted by Crippen LogP contribution is 2.44. The van der Waals surface area contributed by atoms with Crippen molar-refractivity contribution in [1.82, 2.24) is 30.0 Å². The second-order valence-electron chi connectivity index (χ2n) is 14.2. The van der Waals surface area contributed by atoms with Crippen molar-refractivity contribution in [2.24, 2.45) is 11.1 Å². The van der Waals surface area contributed by atoms with E-state index in [0.717, 1.165) is 50.0 Å². The fourth-order valence-corrected chi connectivity index (χ4v) is 7.53. The zero-order valence-electron chi connectivity index (χ0n) is 27.7. The van der Waals surface area contributed by atoms with Crippen molar-refractivity contribution >= 4 is 40.5 Å². The van der Waals surface area contributed by atoms with Crippen molar-refractivity contribution in [3.63, 3.8) is 0 Å². The largest absolute Gasteiger partial charge is 0.444 e. The Morgan fingerprint density at radius 1 is 1.09 bits per heavy atom. The van der Waals surface area contributed by atoms with Crippen molar-refractivity contribution in [1.29, 1.82) is 0 Å². The van der Waals surface area contributed by atoms with Crippen LogP contribution < -0.4 is 20.9 Å². The summed E-state index contributed by atoms with van der Waals surface area (Å²) in [5, 5.41) is 8.17. The number of hydrogen-bond donors (Lipinski definition) is 2. The number of anilines is 3. The number of amides is 2. The predicted molar refractivity (Wildman–Crippen MR) is 175 cm³/mol. The maximum absolute atomic E-state index is 13.0. The topological polar surface area (TPSA) is 163 Å². The summed E-state index contributed by atoms with van der Waals surface area (Å²) in [6.45, 7) is 10.6. The molecule has 47 heavy (non-hydrogen) atoms. The van der Waals surface area contributed by atoms with Crippen LogP contribution in [0.1, 0.15) is 88.6 Å². The third-order valence-corrected chi connectivity index (χ3v) is 9.85. The third kappa shape index (κ3) is 5.97. The maximum Gasteiger partial charge on any atom is 0.407 e. The highest BCUT2D eigenvalue weighted by Gasteiger charge is 2.51. The lowest BCUT2D eigenvalue weighted by Crippen LogP contribution is -2.55. The van der Waals surface area contributed by atoms with Gasteiger partial charge in [-0.1, -0.05) is 0 Å². The predicted octanol–water partition coefficient (Wildman–Crippen LogP) is 4.00. The van der Waals surface area contributed by atoms with Gasteiger partial charge >= 0.3 is 6.09 Å². The Morgan fingerprint density at radius 3 is 2.62 bits per heavy atom. The van der Waals surface area contributed by atoms with Crippen molar-refractivity contribution in [2.45, 2.75) is 96.6 Å². The molecule has 7 heterocycles. The van der Waals surface area contributed by atoms with Gasteiger partial charge in [-0.05, 0) is 84.8 Å². The molecule has 3 N–H and O–H groups in total. The second-order valence-corrected chi connectivity index (χ2v) is 14.2. The molecule has 1 unspecified atom stereocenters. The molecule has 4 aliphatic heterocycles. The molecule has 0 bridgehead atoms. The lowest BCUT2D eigenvalue weighted by Gasteiger charge is -2.43. The number of aromatic nitrogens is 5. The summed E-state index contributed by atoms with van der Waals surface area (Å²) in [5.74, 6) is 0.411. The zero-order valence-corrected chi connectivity index (χ0v) is 27.7. The molecule has 3 fully saturated rings. The molecule has 0 saturated carbocycles. The number of alkyl carbamates (subject to hydrolysis) is 1. The molecule has 2 amide bonds. The molecular formula is C33H45N9O5. The van der Waals surface area contributed by atoms with Gasteiger partial charge in [0, 0.05) is 37.9 Å². The number of aryl methyl sites for hydroxylation is 1. The van der Waals surface area contributed by atoms with E-state index in [2.05, 4.69) is 20.1 Å². The molecule has 14 heteroatoms. The first-order valence-electron chi connectivity index (χ1n) is 16.8. The van der Waals surface area contributed by atoms with Crippen LogP contribution in [0.15, 0.2) is 18.3 Å². The molecule has 1 spiro atoms.